The second kappa shape index (κ2) is 21.2. The van der Waals surface area contributed by atoms with Crippen LogP contribution in [0.4, 0.5) is 15.3 Å². The summed E-state index contributed by atoms with van der Waals surface area (Å²) in [5, 5.41) is 35.6. The van der Waals surface area contributed by atoms with Crippen LogP contribution in [0.25, 0.3) is 11.0 Å². The van der Waals surface area contributed by atoms with Crippen LogP contribution in [-0.2, 0) is 61.3 Å². The Morgan fingerprint density at radius 3 is 2.16 bits per heavy atom. The van der Waals surface area contributed by atoms with Gasteiger partial charge in [-0.3, -0.25) is 18.7 Å². The highest BCUT2D eigenvalue weighted by atomic mass is 35.5. The molecule has 304 valence electrons. The van der Waals surface area contributed by atoms with Gasteiger partial charge in [-0.15, -0.1) is 0 Å². The van der Waals surface area contributed by atoms with Gasteiger partial charge < -0.3 is 62.7 Å². The van der Waals surface area contributed by atoms with E-state index in [-0.39, 0.29) is 48.8 Å². The van der Waals surface area contributed by atoms with E-state index < -0.39 is 89.0 Å². The van der Waals surface area contributed by atoms with Crippen molar-refractivity contribution >= 4 is 59.9 Å². The Balaban J connectivity index is 1.35. The number of fused-ring (bicyclic) bond motifs is 1. The van der Waals surface area contributed by atoms with Crippen molar-refractivity contribution in [3.63, 3.8) is 0 Å². The lowest BCUT2D eigenvalue weighted by Gasteiger charge is -2.21. The molecule has 0 bridgehead atoms. The fourth-order valence-electron chi connectivity index (χ4n) is 5.53. The summed E-state index contributed by atoms with van der Waals surface area (Å²) in [6, 6.07) is 3.94. The first-order valence-corrected chi connectivity index (χ1v) is 19.3. The minimum atomic E-state index is -4.04. The zero-order valence-corrected chi connectivity index (χ0v) is 31.6. The molecule has 2 fully saturated rings. The van der Waals surface area contributed by atoms with Gasteiger partial charge in [-0.25, -0.2) is 14.6 Å². The smallest absolute Gasteiger partial charge is 0.462 e. The van der Waals surface area contributed by atoms with E-state index in [0.717, 1.165) is 25.7 Å². The average molecular weight is 821 g/mol. The summed E-state index contributed by atoms with van der Waals surface area (Å²) in [4.78, 5) is 49.6. The number of carbonyl (C=O) groups excluding carboxylic acids is 4. The first kappa shape index (κ1) is 43.5. The number of nitriles is 1. The van der Waals surface area contributed by atoms with Gasteiger partial charge >= 0.3 is 24.2 Å². The molecule has 2 aliphatic rings. The highest BCUT2D eigenvalue weighted by Crippen LogP contribution is 2.47. The van der Waals surface area contributed by atoms with Gasteiger partial charge in [0.2, 0.25) is 6.79 Å². The molecule has 5 atom stereocenters. The highest BCUT2D eigenvalue weighted by Gasteiger charge is 2.45. The number of hydrogen-bond donors (Lipinski definition) is 3. The standard InChI is InChI=1S/C32H42ClN4O17P/c1-19(38)47-9-11-49-31(42)51-15-46-18-55(44,53-16-52-32(43)50-12-10-48-20(2)39)17-45-14-24-26(40)27(41)30(54-24)37-8-7-22-25(35-21-5-3-4-6-21)23(13-34)28(33)36-29(22)37/h7-8,21,24,26-27,30,40-41H,3-6,9-12,14-18H2,1-2H3,(H,35,36)/t24-,26-,27-,30-,55?/m1/s1. The fraction of sp³-hybridized carbons (Fsp3) is 0.625. The monoisotopic (exact) mass is 820 g/mol. The van der Waals surface area contributed by atoms with Gasteiger partial charge in [-0.2, -0.15) is 5.26 Å². The van der Waals surface area contributed by atoms with Crippen LogP contribution in [-0.4, -0.2) is 128 Å². The topological polar surface area (TPSA) is 272 Å². The van der Waals surface area contributed by atoms with Crippen molar-refractivity contribution in [2.75, 3.05) is 64.6 Å². The van der Waals surface area contributed by atoms with Crippen LogP contribution in [0.15, 0.2) is 12.3 Å². The molecule has 1 saturated heterocycles. The van der Waals surface area contributed by atoms with Gasteiger partial charge in [0.15, 0.2) is 18.2 Å². The molecular weight excluding hydrogens is 779 g/mol. The number of esters is 2. The summed E-state index contributed by atoms with van der Waals surface area (Å²) in [6.45, 7) is -0.787. The predicted octanol–water partition coefficient (Wildman–Crippen LogP) is 3.13. The Labute approximate surface area is 319 Å². The van der Waals surface area contributed by atoms with Crippen molar-refractivity contribution < 1.29 is 81.1 Å². The highest BCUT2D eigenvalue weighted by molar-refractivity contribution is 7.58. The van der Waals surface area contributed by atoms with Crippen LogP contribution in [0.5, 0.6) is 0 Å². The SMILES string of the molecule is CC(=O)OCCOC(=O)OCOCP(=O)(COC[C@H]1O[C@@H](n2ccc3c(NC4CCCC4)c(C#N)c(Cl)nc32)[C@H](O)[C@@H]1O)OCOC(=O)OCCOC(C)=O. The van der Waals surface area contributed by atoms with Gasteiger partial charge in [0.25, 0.3) is 7.37 Å². The van der Waals surface area contributed by atoms with E-state index >= 15 is 0 Å². The molecule has 1 unspecified atom stereocenters. The summed E-state index contributed by atoms with van der Waals surface area (Å²) in [5.41, 5.74) is 0.977. The molecule has 0 aromatic carbocycles. The second-order valence-electron chi connectivity index (χ2n) is 12.1. The molecular formula is C32H42ClN4O17P. The van der Waals surface area contributed by atoms with E-state index in [9.17, 15) is 39.2 Å². The Morgan fingerprint density at radius 1 is 0.945 bits per heavy atom. The van der Waals surface area contributed by atoms with Crippen LogP contribution in [0.1, 0.15) is 51.3 Å². The van der Waals surface area contributed by atoms with Crippen LogP contribution >= 0.6 is 19.0 Å². The number of nitrogens with one attached hydrogen (secondary N) is 1. The second-order valence-corrected chi connectivity index (χ2v) is 14.8. The third-order valence-electron chi connectivity index (χ3n) is 8.04. The molecule has 21 nitrogen and oxygen atoms in total. The minimum Gasteiger partial charge on any atom is -0.462 e. The first-order valence-electron chi connectivity index (χ1n) is 16.9. The van der Waals surface area contributed by atoms with E-state index in [1.165, 1.54) is 18.4 Å². The van der Waals surface area contributed by atoms with E-state index in [1.807, 2.05) is 0 Å². The Morgan fingerprint density at radius 2 is 1.55 bits per heavy atom. The average Bonchev–Trinajstić information content (AvgIpc) is 3.87. The molecule has 0 amide bonds. The number of anilines is 1. The van der Waals surface area contributed by atoms with E-state index in [0.29, 0.717) is 11.1 Å². The maximum atomic E-state index is 13.6. The number of ether oxygens (including phenoxy) is 9. The number of rotatable bonds is 20. The molecule has 23 heteroatoms. The van der Waals surface area contributed by atoms with Crippen LogP contribution in [0.2, 0.25) is 5.15 Å². The third kappa shape index (κ3) is 12.9. The first-order chi connectivity index (χ1) is 26.3. The molecule has 0 spiro atoms. The van der Waals surface area contributed by atoms with E-state index in [2.05, 4.69) is 30.6 Å². The maximum absolute atomic E-state index is 13.6. The van der Waals surface area contributed by atoms with Gasteiger partial charge in [0.1, 0.15) is 74.7 Å². The number of aromatic nitrogens is 2. The van der Waals surface area contributed by atoms with Gasteiger partial charge in [0.05, 0.1) is 12.3 Å². The minimum absolute atomic E-state index is 0.0536. The predicted molar refractivity (Wildman–Crippen MR) is 185 cm³/mol. The molecule has 0 radical (unpaired) electrons. The Kier molecular flexibility index (Phi) is 16.7. The largest absolute Gasteiger partial charge is 0.510 e. The number of aliphatic hydroxyl groups is 2. The number of pyridine rings is 1. The van der Waals surface area contributed by atoms with Gasteiger partial charge in [0, 0.05) is 31.5 Å². The van der Waals surface area contributed by atoms with Crippen LogP contribution < -0.4 is 5.32 Å². The summed E-state index contributed by atoms with van der Waals surface area (Å²) in [5.74, 6) is -1.16. The fourth-order valence-corrected chi connectivity index (χ4v) is 6.95. The Bertz CT molecular complexity index is 1730. The van der Waals surface area contributed by atoms with Crippen molar-refractivity contribution in [2.45, 2.75) is 70.1 Å². The zero-order chi connectivity index (χ0) is 40.0. The zero-order valence-electron chi connectivity index (χ0n) is 29.9. The van der Waals surface area contributed by atoms with Gasteiger partial charge in [-0.05, 0) is 18.9 Å². The van der Waals surface area contributed by atoms with Crippen molar-refractivity contribution in [3.8, 4) is 6.07 Å². The third-order valence-corrected chi connectivity index (χ3v) is 10.0. The number of halogens is 1. The summed E-state index contributed by atoms with van der Waals surface area (Å²) >= 11 is 6.42. The lowest BCUT2D eigenvalue weighted by molar-refractivity contribution is -0.143. The molecule has 55 heavy (non-hydrogen) atoms. The number of aliphatic hydroxyl groups excluding tert-OH is 2. The Hall–Kier alpha value is -4.26. The van der Waals surface area contributed by atoms with E-state index in [4.69, 9.17) is 44.5 Å². The number of nitrogens with zero attached hydrogens (tertiary/aromatic N) is 3. The summed E-state index contributed by atoms with van der Waals surface area (Å²) < 4.78 is 65.1. The lowest BCUT2D eigenvalue weighted by atomic mass is 10.1. The molecule has 4 rings (SSSR count). The molecule has 3 heterocycles. The van der Waals surface area contributed by atoms with E-state index in [1.54, 1.807) is 12.3 Å². The molecule has 1 aliphatic heterocycles. The molecule has 2 aromatic rings. The number of hydrogen-bond acceptors (Lipinski definition) is 20. The van der Waals surface area contributed by atoms with Crippen LogP contribution in [0.3, 0.4) is 0 Å². The van der Waals surface area contributed by atoms with Gasteiger partial charge in [-0.1, -0.05) is 24.4 Å². The summed E-state index contributed by atoms with van der Waals surface area (Å²) in [6.07, 6.45) is -3.62. The van der Waals surface area contributed by atoms with Crippen molar-refractivity contribution in [2.24, 2.45) is 0 Å². The molecule has 2 aromatic heterocycles. The van der Waals surface area contributed by atoms with Crippen molar-refractivity contribution in [3.05, 3.63) is 23.0 Å². The normalized spacial score (nSPS) is 20.7. The maximum Gasteiger partial charge on any atom is 0.510 e. The van der Waals surface area contributed by atoms with Crippen molar-refractivity contribution in [1.82, 2.24) is 9.55 Å². The number of carbonyl (C=O) groups is 4. The lowest BCUT2D eigenvalue weighted by Crippen LogP contribution is -2.34. The summed E-state index contributed by atoms with van der Waals surface area (Å²) in [7, 11) is -4.04. The molecule has 1 aliphatic carbocycles. The van der Waals surface area contributed by atoms with Crippen molar-refractivity contribution in [1.29, 1.82) is 5.26 Å². The van der Waals surface area contributed by atoms with Crippen LogP contribution in [0, 0.1) is 11.3 Å². The quantitative estimate of drug-likeness (QED) is 0.0432. The molecule has 1 saturated carbocycles. The molecule has 3 N–H and O–H groups in total.